The van der Waals surface area contributed by atoms with Crippen molar-refractivity contribution in [2.45, 2.75) is 76.5 Å². The Morgan fingerprint density at radius 2 is 1.12 bits per heavy atom. The summed E-state index contributed by atoms with van der Waals surface area (Å²) in [6, 6.07) is 0. The zero-order valence-electron chi connectivity index (χ0n) is 10.8. The van der Waals surface area contributed by atoms with Crippen LogP contribution in [-0.4, -0.2) is 0 Å². The third kappa shape index (κ3) is 31.5. The van der Waals surface area contributed by atoms with Crippen molar-refractivity contribution in [3.05, 3.63) is 0 Å². The first-order valence-corrected chi connectivity index (χ1v) is 8.47. The van der Waals surface area contributed by atoms with Gasteiger partial charge in [-0.25, -0.2) is 0 Å². The summed E-state index contributed by atoms with van der Waals surface area (Å²) < 4.78 is 8.52. The molecule has 3 nitrogen and oxygen atoms in total. The number of hydrogen-bond acceptors (Lipinski definition) is 3. The summed E-state index contributed by atoms with van der Waals surface area (Å²) in [7, 11) is -3.63. The maximum Gasteiger partial charge on any atom is -0.0813 e. The molecule has 0 aliphatic rings. The van der Waals surface area contributed by atoms with Crippen LogP contribution >= 0.6 is 8.25 Å². The molecule has 5 heteroatoms. The topological polar surface area (TPSA) is 63.2 Å². The Balaban J connectivity index is 0. The van der Waals surface area contributed by atoms with E-state index < -0.39 is 8.25 Å². The van der Waals surface area contributed by atoms with E-state index in [2.05, 4.69) is 22.4 Å². The fourth-order valence-electron chi connectivity index (χ4n) is 1.57. The second-order valence-corrected chi connectivity index (χ2v) is 5.08. The second-order valence-electron chi connectivity index (χ2n) is 4.09. The third-order valence-electron chi connectivity index (χ3n) is 2.47. The van der Waals surface area contributed by atoms with Crippen molar-refractivity contribution in [3.63, 3.8) is 0 Å². The first kappa shape index (κ1) is 20.0. The van der Waals surface area contributed by atoms with Crippen LogP contribution in [0.5, 0.6) is 0 Å². The summed E-state index contributed by atoms with van der Waals surface area (Å²) >= 11 is 4.64. The molecule has 17 heavy (non-hydrogen) atoms. The molecular weight excluding hydrogens is 282 g/mol. The molecule has 0 heterocycles. The van der Waals surface area contributed by atoms with E-state index in [-0.39, 0.29) is 0 Å². The van der Waals surface area contributed by atoms with Gasteiger partial charge in [0.2, 0.25) is 0 Å². The van der Waals surface area contributed by atoms with Gasteiger partial charge < -0.3 is 14.4 Å². The molecule has 107 valence electrons. The smallest absolute Gasteiger partial charge is 0.0813 e. The van der Waals surface area contributed by atoms with Crippen molar-refractivity contribution in [1.82, 2.24) is 0 Å². The van der Waals surface area contributed by atoms with E-state index in [1.165, 1.54) is 64.2 Å². The first-order valence-electron chi connectivity index (χ1n) is 6.54. The van der Waals surface area contributed by atoms with Gasteiger partial charge in [-0.05, 0) is 0 Å². The Morgan fingerprint density at radius 1 is 0.824 bits per heavy atom. The molecule has 0 aliphatic heterocycles. The predicted octanol–water partition coefficient (Wildman–Crippen LogP) is 2.97. The molecule has 0 saturated heterocycles. The Labute approximate surface area is 115 Å². The Morgan fingerprint density at radius 3 is 1.41 bits per heavy atom. The fraction of sp³-hybridized carbons (Fsp3) is 1.00. The normalized spacial score (nSPS) is 10.2. The molecule has 0 aromatic rings. The monoisotopic (exact) mass is 307 g/mol. The van der Waals surface area contributed by atoms with Crippen LogP contribution in [0.3, 0.4) is 0 Å². The Kier molecular flexibility index (Phi) is 22.3. The standard InChI is InChI=1S/C12H25.Ni.H3O3P/c1-3-5-7-9-11-12-10-8-6-4-2;;1-4(2)3/h1,3-12H2,2H3;;4H,(H2,1,2,3)/q;+2;/p-2. The summed E-state index contributed by atoms with van der Waals surface area (Å²) in [4.78, 5) is 17.0. The van der Waals surface area contributed by atoms with E-state index >= 15 is 0 Å². The zero-order valence-corrected chi connectivity index (χ0v) is 12.8. The Hall–Kier alpha value is 0.644. The molecular formula is C12H26NiO3P. The molecule has 0 rings (SSSR count). The van der Waals surface area contributed by atoms with E-state index in [1.54, 1.807) is 0 Å². The van der Waals surface area contributed by atoms with E-state index in [9.17, 15) is 0 Å². The molecule has 0 radical (unpaired) electrons. The van der Waals surface area contributed by atoms with E-state index in [0.29, 0.717) is 0 Å². The van der Waals surface area contributed by atoms with Crippen LogP contribution < -0.4 is 9.79 Å². The molecule has 0 bridgehead atoms. The van der Waals surface area contributed by atoms with Gasteiger partial charge in [-0.1, -0.05) is 8.25 Å². The predicted molar refractivity (Wildman–Crippen MR) is 65.7 cm³/mol. The van der Waals surface area contributed by atoms with Crippen LogP contribution in [-0.2, 0) is 20.0 Å². The first-order chi connectivity index (χ1) is 8.15. The summed E-state index contributed by atoms with van der Waals surface area (Å²) in [5, 5.41) is 0.997. The van der Waals surface area contributed by atoms with E-state index in [1.807, 2.05) is 0 Å². The quantitative estimate of drug-likeness (QED) is 0.354. The van der Waals surface area contributed by atoms with Gasteiger partial charge in [0.15, 0.2) is 0 Å². The maximum absolute atomic E-state index is 8.52. The van der Waals surface area contributed by atoms with Crippen LogP contribution in [0.1, 0.15) is 71.1 Å². The minimum absolute atomic E-state index is 0.997. The van der Waals surface area contributed by atoms with Crippen LogP contribution in [0.2, 0.25) is 5.39 Å². The average Bonchev–Trinajstić information content (AvgIpc) is 2.26. The van der Waals surface area contributed by atoms with Crippen molar-refractivity contribution >= 4 is 8.25 Å². The molecule has 0 aromatic carbocycles. The van der Waals surface area contributed by atoms with Crippen LogP contribution in [0, 0.1) is 0 Å². The van der Waals surface area contributed by atoms with Crippen molar-refractivity contribution in [2.75, 3.05) is 0 Å². The molecule has 0 aromatic heterocycles. The largest absolute Gasteiger partial charge is 0.813 e. The summed E-state index contributed by atoms with van der Waals surface area (Å²) in [6.45, 7) is 2.27. The van der Waals surface area contributed by atoms with Crippen molar-refractivity contribution in [1.29, 1.82) is 0 Å². The fourth-order valence-corrected chi connectivity index (χ4v) is 1.81. The summed E-state index contributed by atoms with van der Waals surface area (Å²) in [5.41, 5.74) is 0. The molecule has 0 spiro atoms. The minimum atomic E-state index is -3.63. The van der Waals surface area contributed by atoms with Crippen LogP contribution in [0.15, 0.2) is 0 Å². The molecule has 0 aliphatic carbocycles. The van der Waals surface area contributed by atoms with Crippen molar-refractivity contribution in [2.24, 2.45) is 0 Å². The van der Waals surface area contributed by atoms with Crippen LogP contribution in [0.25, 0.3) is 0 Å². The minimum Gasteiger partial charge on any atom is -0.813 e. The second kappa shape index (κ2) is 19.0. The van der Waals surface area contributed by atoms with Crippen molar-refractivity contribution < 1.29 is 29.8 Å². The Bertz CT molecular complexity index is 143. The molecule has 0 unspecified atom stereocenters. The maximum atomic E-state index is 8.52. The molecule has 0 fully saturated rings. The molecule has 0 N–H and O–H groups in total. The number of rotatable bonds is 10. The van der Waals surface area contributed by atoms with Gasteiger partial charge in [-0.2, -0.15) is 0 Å². The SMILES string of the molecule is CCCCCCCCCCC[CH2][Ni+2].O=[PH]([O-])[O-]. The summed E-state index contributed by atoms with van der Waals surface area (Å²) in [6.07, 6.45) is 14.1. The van der Waals surface area contributed by atoms with Gasteiger partial charge in [-0.15, -0.1) is 0 Å². The van der Waals surface area contributed by atoms with Crippen LogP contribution in [0.4, 0.5) is 0 Å². The summed E-state index contributed by atoms with van der Waals surface area (Å²) in [5.74, 6) is 0. The van der Waals surface area contributed by atoms with Gasteiger partial charge in [-0.3, -0.25) is 0 Å². The van der Waals surface area contributed by atoms with Crippen molar-refractivity contribution in [3.8, 4) is 0 Å². The zero-order chi connectivity index (χ0) is 13.4. The molecule has 0 saturated carbocycles. The van der Waals surface area contributed by atoms with E-state index in [4.69, 9.17) is 14.4 Å². The van der Waals surface area contributed by atoms with Gasteiger partial charge in [0, 0.05) is 0 Å². The average molecular weight is 308 g/mol. The van der Waals surface area contributed by atoms with Gasteiger partial charge in [0.25, 0.3) is 0 Å². The number of unbranched alkanes of at least 4 members (excludes halogenated alkanes) is 9. The van der Waals surface area contributed by atoms with Gasteiger partial charge in [0.1, 0.15) is 0 Å². The molecule has 0 atom stereocenters. The molecule has 0 amide bonds. The third-order valence-corrected chi connectivity index (χ3v) is 2.81. The number of hydrogen-bond donors (Lipinski definition) is 0. The van der Waals surface area contributed by atoms with Gasteiger partial charge in [0.05, 0.1) is 0 Å². The van der Waals surface area contributed by atoms with E-state index in [0.717, 1.165) is 5.39 Å². The van der Waals surface area contributed by atoms with Gasteiger partial charge >= 0.3 is 92.0 Å².